The van der Waals surface area contributed by atoms with Gasteiger partial charge in [0, 0.05) is 12.0 Å². The molecule has 0 aliphatic rings. The molecule has 0 saturated heterocycles. The highest BCUT2D eigenvalue weighted by atomic mass is 16.5. The second kappa shape index (κ2) is 7.82. The number of rotatable bonds is 7. The fourth-order valence-electron chi connectivity index (χ4n) is 1.64. The number of carboxylic acids is 1. The lowest BCUT2D eigenvalue weighted by atomic mass is 10.1. The van der Waals surface area contributed by atoms with E-state index in [1.165, 1.54) is 18.2 Å². The molecular formula is C15H16O7. The van der Waals surface area contributed by atoms with E-state index in [-0.39, 0.29) is 41.9 Å². The first-order valence-electron chi connectivity index (χ1n) is 6.38. The number of esters is 2. The van der Waals surface area contributed by atoms with Crippen LogP contribution >= 0.6 is 0 Å². The molecular weight excluding hydrogens is 292 g/mol. The zero-order valence-corrected chi connectivity index (χ0v) is 12.0. The summed E-state index contributed by atoms with van der Waals surface area (Å²) in [6.07, 6.45) is 0.341. The molecule has 0 aliphatic heterocycles. The quantitative estimate of drug-likeness (QED) is 0.449. The van der Waals surface area contributed by atoms with Gasteiger partial charge in [0.05, 0.1) is 7.11 Å². The van der Waals surface area contributed by atoms with Crippen LogP contribution in [0.5, 0.6) is 11.5 Å². The van der Waals surface area contributed by atoms with Crippen LogP contribution in [0.3, 0.4) is 0 Å². The van der Waals surface area contributed by atoms with E-state index in [9.17, 15) is 19.5 Å². The third-order valence-electron chi connectivity index (χ3n) is 2.78. The van der Waals surface area contributed by atoms with Gasteiger partial charge in [0.2, 0.25) is 0 Å². The molecule has 0 atom stereocenters. The predicted molar refractivity (Wildman–Crippen MR) is 75.7 cm³/mol. The summed E-state index contributed by atoms with van der Waals surface area (Å²) in [7, 11) is 1.14. The van der Waals surface area contributed by atoms with Crippen molar-refractivity contribution in [2.24, 2.45) is 0 Å². The monoisotopic (exact) mass is 308 g/mol. The van der Waals surface area contributed by atoms with E-state index >= 15 is 0 Å². The second-order valence-corrected chi connectivity index (χ2v) is 4.38. The number of aliphatic carboxylic acids is 1. The molecule has 1 aromatic carbocycles. The smallest absolute Gasteiger partial charge is 0.345 e. The Labute approximate surface area is 126 Å². The number of hydrogen-bond donors (Lipinski definition) is 2. The van der Waals surface area contributed by atoms with Crippen LogP contribution in [0.4, 0.5) is 0 Å². The van der Waals surface area contributed by atoms with E-state index in [2.05, 4.69) is 11.3 Å². The number of phenols is 1. The zero-order chi connectivity index (χ0) is 16.7. The molecule has 7 nitrogen and oxygen atoms in total. The van der Waals surface area contributed by atoms with Crippen molar-refractivity contribution in [3.63, 3.8) is 0 Å². The van der Waals surface area contributed by atoms with Crippen LogP contribution < -0.4 is 4.74 Å². The maximum atomic E-state index is 11.7. The lowest BCUT2D eigenvalue weighted by Gasteiger charge is -2.10. The number of carbonyl (C=O) groups excluding carboxylic acids is 2. The highest BCUT2D eigenvalue weighted by Crippen LogP contribution is 2.28. The molecule has 0 amide bonds. The first-order valence-corrected chi connectivity index (χ1v) is 6.38. The van der Waals surface area contributed by atoms with Crippen molar-refractivity contribution in [1.82, 2.24) is 0 Å². The van der Waals surface area contributed by atoms with Crippen molar-refractivity contribution >= 4 is 17.9 Å². The molecule has 0 heterocycles. The molecule has 0 aromatic heterocycles. The molecule has 22 heavy (non-hydrogen) atoms. The van der Waals surface area contributed by atoms with Gasteiger partial charge in [-0.05, 0) is 25.0 Å². The average molecular weight is 308 g/mol. The van der Waals surface area contributed by atoms with Crippen molar-refractivity contribution in [1.29, 1.82) is 0 Å². The Morgan fingerprint density at radius 3 is 2.50 bits per heavy atom. The van der Waals surface area contributed by atoms with Gasteiger partial charge in [-0.15, -0.1) is 0 Å². The molecule has 118 valence electrons. The Bertz CT molecular complexity index is 604. The Balaban J connectivity index is 2.69. The molecule has 0 saturated carbocycles. The van der Waals surface area contributed by atoms with E-state index in [1.54, 1.807) is 0 Å². The van der Waals surface area contributed by atoms with Gasteiger partial charge in [-0.3, -0.25) is 4.79 Å². The van der Waals surface area contributed by atoms with Crippen molar-refractivity contribution < 1.29 is 34.1 Å². The van der Waals surface area contributed by atoms with Crippen LogP contribution in [-0.4, -0.2) is 35.2 Å². The van der Waals surface area contributed by atoms with Gasteiger partial charge in [-0.1, -0.05) is 12.6 Å². The summed E-state index contributed by atoms with van der Waals surface area (Å²) in [6.45, 7) is 3.35. The van der Waals surface area contributed by atoms with Crippen molar-refractivity contribution in [3.8, 4) is 11.5 Å². The molecule has 1 aromatic rings. The largest absolute Gasteiger partial charge is 0.507 e. The lowest BCUT2D eigenvalue weighted by Crippen LogP contribution is -2.12. The zero-order valence-electron chi connectivity index (χ0n) is 12.0. The van der Waals surface area contributed by atoms with Gasteiger partial charge >= 0.3 is 17.9 Å². The number of aromatic hydroxyl groups is 1. The first kappa shape index (κ1) is 17.2. The Morgan fingerprint density at radius 1 is 1.23 bits per heavy atom. The minimum atomic E-state index is -1.12. The number of hydrogen-bond acceptors (Lipinski definition) is 6. The van der Waals surface area contributed by atoms with Crippen LogP contribution in [0, 0.1) is 0 Å². The lowest BCUT2D eigenvalue weighted by molar-refractivity contribution is -0.135. The molecule has 1 rings (SSSR count). The van der Waals surface area contributed by atoms with Crippen molar-refractivity contribution in [2.45, 2.75) is 19.3 Å². The molecule has 0 fully saturated rings. The fraction of sp³-hybridized carbons (Fsp3) is 0.267. The summed E-state index contributed by atoms with van der Waals surface area (Å²) in [4.78, 5) is 33.8. The van der Waals surface area contributed by atoms with Crippen LogP contribution in [0.15, 0.2) is 30.4 Å². The maximum Gasteiger partial charge on any atom is 0.345 e. The summed E-state index contributed by atoms with van der Waals surface area (Å²) in [5, 5.41) is 18.3. The van der Waals surface area contributed by atoms with Gasteiger partial charge in [0.1, 0.15) is 17.1 Å². The molecule has 2 N–H and O–H groups in total. The fourth-order valence-corrected chi connectivity index (χ4v) is 1.64. The number of phenolic OH excluding ortho intramolecular Hbond substituents is 1. The van der Waals surface area contributed by atoms with Crippen LogP contribution in [0.25, 0.3) is 0 Å². The number of carbonyl (C=O) groups is 3. The number of carboxylic acid groups (broad SMARTS) is 1. The third-order valence-corrected chi connectivity index (χ3v) is 2.78. The van der Waals surface area contributed by atoms with Crippen LogP contribution in [0.2, 0.25) is 0 Å². The normalized spacial score (nSPS) is 9.86. The highest BCUT2D eigenvalue weighted by Gasteiger charge is 2.20. The number of ether oxygens (including phenoxy) is 2. The van der Waals surface area contributed by atoms with E-state index < -0.39 is 17.9 Å². The van der Waals surface area contributed by atoms with Crippen molar-refractivity contribution in [2.75, 3.05) is 7.11 Å². The first-order chi connectivity index (χ1) is 10.4. The topological polar surface area (TPSA) is 110 Å². The number of methoxy groups -OCH3 is 1. The summed E-state index contributed by atoms with van der Waals surface area (Å²) in [5.41, 5.74) is -0.242. The molecule has 0 spiro atoms. The summed E-state index contributed by atoms with van der Waals surface area (Å²) in [5.74, 6) is -3.09. The van der Waals surface area contributed by atoms with Gasteiger partial charge < -0.3 is 19.7 Å². The van der Waals surface area contributed by atoms with Crippen LogP contribution in [-0.2, 0) is 14.3 Å². The summed E-state index contributed by atoms with van der Waals surface area (Å²) < 4.78 is 9.53. The van der Waals surface area contributed by atoms with Gasteiger partial charge in [0.15, 0.2) is 0 Å². The molecule has 0 bridgehead atoms. The van der Waals surface area contributed by atoms with E-state index in [0.717, 1.165) is 7.11 Å². The minimum absolute atomic E-state index is 0.000375. The van der Waals surface area contributed by atoms with Crippen molar-refractivity contribution in [3.05, 3.63) is 35.9 Å². The van der Waals surface area contributed by atoms with Gasteiger partial charge in [-0.25, -0.2) is 9.59 Å². The van der Waals surface area contributed by atoms with E-state index in [4.69, 9.17) is 9.84 Å². The Morgan fingerprint density at radius 2 is 1.91 bits per heavy atom. The Hall–Kier alpha value is -2.83. The average Bonchev–Trinajstić information content (AvgIpc) is 2.46. The summed E-state index contributed by atoms with van der Waals surface area (Å²) in [6, 6.07) is 4.02. The predicted octanol–water partition coefficient (Wildman–Crippen LogP) is 1.90. The maximum absolute atomic E-state index is 11.7. The number of benzene rings is 1. The minimum Gasteiger partial charge on any atom is -0.507 e. The van der Waals surface area contributed by atoms with E-state index in [1.807, 2.05) is 0 Å². The van der Waals surface area contributed by atoms with E-state index in [0.29, 0.717) is 0 Å². The highest BCUT2D eigenvalue weighted by molar-refractivity contribution is 5.96. The van der Waals surface area contributed by atoms with Crippen LogP contribution in [0.1, 0.15) is 29.6 Å². The third kappa shape index (κ3) is 4.62. The standard InChI is InChI=1S/C15H16O7/c1-9(14(18)19)5-3-8-12(17)22-11-7-4-6-10(16)13(11)15(20)21-2/h4,6-7,16H,1,3,5,8H2,2H3,(H,18,19). The molecule has 7 heteroatoms. The Kier molecular flexibility index (Phi) is 6.12. The van der Waals surface area contributed by atoms with Gasteiger partial charge in [-0.2, -0.15) is 0 Å². The SMILES string of the molecule is C=C(CCCC(=O)Oc1cccc(O)c1C(=O)OC)C(=O)O. The summed E-state index contributed by atoms with van der Waals surface area (Å²) >= 11 is 0. The van der Waals surface area contributed by atoms with Gasteiger partial charge in [0.25, 0.3) is 0 Å². The molecule has 0 aliphatic carbocycles. The molecule has 0 radical (unpaired) electrons. The second-order valence-electron chi connectivity index (χ2n) is 4.38. The molecule has 0 unspecified atom stereocenters.